The van der Waals surface area contributed by atoms with Gasteiger partial charge in [-0.25, -0.2) is 0 Å². The quantitative estimate of drug-likeness (QED) is 0.753. The number of nitrogens with one attached hydrogen (secondary N) is 1. The highest BCUT2D eigenvalue weighted by molar-refractivity contribution is 7.80. The number of likely N-dealkylation sites (N-methyl/N-ethyl adjacent to an activating group) is 1. The molecule has 2 atom stereocenters. The zero-order chi connectivity index (χ0) is 20.8. The third kappa shape index (κ3) is 3.40. The zero-order valence-electron chi connectivity index (χ0n) is 17.4. The molecule has 1 aromatic carbocycles. The maximum Gasteiger partial charge on any atom is 0.170 e. The van der Waals surface area contributed by atoms with Crippen LogP contribution in [-0.4, -0.2) is 45.8 Å². The first-order chi connectivity index (χ1) is 13.8. The molecule has 152 valence electrons. The molecule has 0 unspecified atom stereocenters. The van der Waals surface area contributed by atoms with Crippen molar-refractivity contribution < 1.29 is 5.11 Å². The molecule has 0 spiro atoms. The van der Waals surface area contributed by atoms with Gasteiger partial charge in [-0.05, 0) is 68.4 Å². The number of aliphatic hydroxyl groups excluding tert-OH is 1. The molecule has 1 fully saturated rings. The van der Waals surface area contributed by atoms with E-state index in [0.29, 0.717) is 11.7 Å². The Labute approximate surface area is 178 Å². The monoisotopic (exact) mass is 408 g/mol. The van der Waals surface area contributed by atoms with Crippen LogP contribution < -0.4 is 10.2 Å². The van der Waals surface area contributed by atoms with Gasteiger partial charge in [0.1, 0.15) is 0 Å². The summed E-state index contributed by atoms with van der Waals surface area (Å²) in [5, 5.41) is 13.7. The van der Waals surface area contributed by atoms with Gasteiger partial charge in [-0.1, -0.05) is 18.2 Å². The van der Waals surface area contributed by atoms with Gasteiger partial charge in [0.15, 0.2) is 5.11 Å². The van der Waals surface area contributed by atoms with Crippen molar-refractivity contribution in [3.8, 4) is 0 Å². The van der Waals surface area contributed by atoms with Gasteiger partial charge >= 0.3 is 0 Å². The van der Waals surface area contributed by atoms with E-state index >= 15 is 0 Å². The van der Waals surface area contributed by atoms with Crippen LogP contribution in [0.3, 0.4) is 0 Å². The minimum absolute atomic E-state index is 0.0193. The summed E-state index contributed by atoms with van der Waals surface area (Å²) >= 11 is 5.61. The molecule has 1 aromatic heterocycles. The van der Waals surface area contributed by atoms with Crippen molar-refractivity contribution in [3.63, 3.8) is 0 Å². The SMILES string of the molecule is CC1=CC(C)(C)N(C)c2ccc([C@H]3[C@H](c4ccccn4)NC(=S)N3CCO)cc21. The first-order valence-corrected chi connectivity index (χ1v) is 10.4. The van der Waals surface area contributed by atoms with Crippen LogP contribution in [-0.2, 0) is 0 Å². The minimum atomic E-state index is -0.0599. The molecule has 0 radical (unpaired) electrons. The van der Waals surface area contributed by atoms with Crippen molar-refractivity contribution in [2.75, 3.05) is 25.1 Å². The molecule has 4 rings (SSSR count). The first-order valence-electron chi connectivity index (χ1n) is 10.00. The zero-order valence-corrected chi connectivity index (χ0v) is 18.2. The summed E-state index contributed by atoms with van der Waals surface area (Å²) in [5.41, 5.74) is 5.85. The second kappa shape index (κ2) is 7.43. The number of hydrogen-bond donors (Lipinski definition) is 2. The average Bonchev–Trinajstić information content (AvgIpc) is 3.03. The van der Waals surface area contributed by atoms with Crippen molar-refractivity contribution in [2.24, 2.45) is 0 Å². The summed E-state index contributed by atoms with van der Waals surface area (Å²) in [6.45, 7) is 7.17. The lowest BCUT2D eigenvalue weighted by Crippen LogP contribution is -2.42. The normalized spacial score (nSPS) is 22.9. The van der Waals surface area contributed by atoms with Crippen molar-refractivity contribution >= 4 is 28.6 Å². The van der Waals surface area contributed by atoms with Gasteiger partial charge in [-0.2, -0.15) is 0 Å². The van der Waals surface area contributed by atoms with Crippen LogP contribution in [0.25, 0.3) is 5.57 Å². The molecular weight excluding hydrogens is 380 g/mol. The van der Waals surface area contributed by atoms with Gasteiger partial charge < -0.3 is 20.2 Å². The molecule has 6 heteroatoms. The molecule has 0 amide bonds. The number of β-amino-alcohol motifs (C(OH)–C–C–N with tert-alkyl or cyclic N) is 1. The fourth-order valence-corrected chi connectivity index (χ4v) is 4.81. The Balaban J connectivity index is 1.80. The average molecular weight is 409 g/mol. The van der Waals surface area contributed by atoms with E-state index in [4.69, 9.17) is 12.2 Å². The van der Waals surface area contributed by atoms with Crippen LogP contribution in [0.1, 0.15) is 49.7 Å². The van der Waals surface area contributed by atoms with Crippen molar-refractivity contribution in [1.82, 2.24) is 15.2 Å². The molecule has 1 saturated heterocycles. The van der Waals surface area contributed by atoms with Crippen molar-refractivity contribution in [1.29, 1.82) is 0 Å². The summed E-state index contributed by atoms with van der Waals surface area (Å²) in [6, 6.07) is 12.5. The second-order valence-electron chi connectivity index (χ2n) is 8.36. The molecule has 29 heavy (non-hydrogen) atoms. The van der Waals surface area contributed by atoms with Crippen LogP contribution in [0, 0.1) is 0 Å². The molecule has 0 saturated carbocycles. The predicted octanol–water partition coefficient (Wildman–Crippen LogP) is 3.68. The number of fused-ring (bicyclic) bond motifs is 1. The lowest BCUT2D eigenvalue weighted by Gasteiger charge is -2.41. The molecule has 2 aliphatic heterocycles. The lowest BCUT2D eigenvalue weighted by atomic mass is 9.86. The fourth-order valence-electron chi connectivity index (χ4n) is 4.48. The Morgan fingerprint density at radius 2 is 2.03 bits per heavy atom. The number of allylic oxidation sites excluding steroid dienone is 1. The summed E-state index contributed by atoms with van der Waals surface area (Å²) in [5.74, 6) is 0. The third-order valence-electron chi connectivity index (χ3n) is 6.12. The van der Waals surface area contributed by atoms with Crippen LogP contribution in [0.4, 0.5) is 5.69 Å². The summed E-state index contributed by atoms with van der Waals surface area (Å²) in [6.07, 6.45) is 4.13. The second-order valence-corrected chi connectivity index (χ2v) is 8.75. The molecule has 3 heterocycles. The maximum absolute atomic E-state index is 9.63. The van der Waals surface area contributed by atoms with Gasteiger partial charge in [-0.3, -0.25) is 4.98 Å². The van der Waals surface area contributed by atoms with E-state index < -0.39 is 0 Å². The molecule has 2 aliphatic rings. The maximum atomic E-state index is 9.63. The van der Waals surface area contributed by atoms with Crippen molar-refractivity contribution in [3.05, 3.63) is 65.5 Å². The minimum Gasteiger partial charge on any atom is -0.395 e. The highest BCUT2D eigenvalue weighted by Gasteiger charge is 2.40. The third-order valence-corrected chi connectivity index (χ3v) is 6.47. The summed E-state index contributed by atoms with van der Waals surface area (Å²) < 4.78 is 0. The van der Waals surface area contributed by atoms with E-state index in [9.17, 15) is 5.11 Å². The van der Waals surface area contributed by atoms with Gasteiger partial charge in [0.25, 0.3) is 0 Å². The molecule has 2 aromatic rings. The molecular formula is C23H28N4OS. The summed E-state index contributed by atoms with van der Waals surface area (Å²) in [4.78, 5) is 8.96. The topological polar surface area (TPSA) is 51.6 Å². The standard InChI is InChI=1S/C23H28N4OS/c1-15-14-23(2,3)26(4)19-9-8-16(13-17(15)19)21-20(18-7-5-6-10-24-18)25-22(29)27(21)11-12-28/h5-10,13-14,20-21,28H,11-12H2,1-4H3,(H,25,29)/t20-,21-/m0/s1. The highest BCUT2D eigenvalue weighted by atomic mass is 32.1. The number of thiocarbonyl (C=S) groups is 1. The van der Waals surface area contributed by atoms with E-state index in [1.54, 1.807) is 0 Å². The van der Waals surface area contributed by atoms with E-state index in [2.05, 4.69) is 72.2 Å². The Morgan fingerprint density at radius 3 is 2.72 bits per heavy atom. The number of anilines is 1. The van der Waals surface area contributed by atoms with E-state index in [1.165, 1.54) is 22.4 Å². The number of rotatable bonds is 4. The van der Waals surface area contributed by atoms with Gasteiger partial charge in [0, 0.05) is 31.0 Å². The molecule has 0 aliphatic carbocycles. The Kier molecular flexibility index (Phi) is 5.09. The van der Waals surface area contributed by atoms with Gasteiger partial charge in [0.2, 0.25) is 0 Å². The van der Waals surface area contributed by atoms with Crippen LogP contribution in [0.2, 0.25) is 0 Å². The Morgan fingerprint density at radius 1 is 1.24 bits per heavy atom. The highest BCUT2D eigenvalue weighted by Crippen LogP contribution is 2.43. The number of aliphatic hydroxyl groups is 1. The number of pyridine rings is 1. The molecule has 2 N–H and O–H groups in total. The fraction of sp³-hybridized carbons (Fsp3) is 0.391. The van der Waals surface area contributed by atoms with Crippen molar-refractivity contribution in [2.45, 2.75) is 38.4 Å². The predicted molar refractivity (Wildman–Crippen MR) is 122 cm³/mol. The largest absolute Gasteiger partial charge is 0.395 e. The smallest absolute Gasteiger partial charge is 0.170 e. The Bertz CT molecular complexity index is 957. The first kappa shape index (κ1) is 19.9. The van der Waals surface area contributed by atoms with Crippen LogP contribution in [0.15, 0.2) is 48.7 Å². The lowest BCUT2D eigenvalue weighted by molar-refractivity contribution is 0.223. The number of nitrogens with zero attached hydrogens (tertiary/aromatic N) is 3. The number of hydrogen-bond acceptors (Lipinski definition) is 4. The molecule has 5 nitrogen and oxygen atoms in total. The van der Waals surface area contributed by atoms with E-state index in [-0.39, 0.29) is 24.2 Å². The summed E-state index contributed by atoms with van der Waals surface area (Å²) in [7, 11) is 2.14. The van der Waals surface area contributed by atoms with E-state index in [1.807, 2.05) is 24.4 Å². The van der Waals surface area contributed by atoms with Crippen LogP contribution >= 0.6 is 12.2 Å². The number of benzene rings is 1. The molecule has 0 bridgehead atoms. The van der Waals surface area contributed by atoms with Crippen LogP contribution in [0.5, 0.6) is 0 Å². The van der Waals surface area contributed by atoms with Gasteiger partial charge in [-0.15, -0.1) is 0 Å². The van der Waals surface area contributed by atoms with Gasteiger partial charge in [0.05, 0.1) is 29.9 Å². The number of aromatic nitrogens is 1. The van der Waals surface area contributed by atoms with E-state index in [0.717, 1.165) is 5.69 Å². The Hall–Kier alpha value is -2.44.